The first kappa shape index (κ1) is 14.1. The normalized spacial score (nSPS) is 21.9. The van der Waals surface area contributed by atoms with Crippen molar-refractivity contribution in [2.45, 2.75) is 51.9 Å². The minimum atomic E-state index is -0.443. The van der Waals surface area contributed by atoms with Crippen molar-refractivity contribution in [3.05, 3.63) is 23.8 Å². The molecule has 1 aliphatic heterocycles. The molecule has 1 spiro atoms. The molecule has 1 aliphatic carbocycles. The number of nitrogen functional groups attached to an aromatic ring is 1. The molecule has 0 bridgehead atoms. The van der Waals surface area contributed by atoms with Gasteiger partial charge in [0.15, 0.2) is 0 Å². The van der Waals surface area contributed by atoms with Gasteiger partial charge < -0.3 is 5.73 Å². The van der Waals surface area contributed by atoms with Gasteiger partial charge in [0.1, 0.15) is 0 Å². The molecule has 2 amide bonds. The standard InChI is InChI=1S/C17H22N2O2/c1-12-10-13(18)6-7-14(12)19-15(20)11-17(16(19)21)8-4-2-3-5-9-17/h6-7,10H,2-5,8-9,11,18H2,1H3. The maximum absolute atomic E-state index is 13.0. The zero-order valence-electron chi connectivity index (χ0n) is 12.5. The number of hydrogen-bond donors (Lipinski definition) is 1. The maximum Gasteiger partial charge on any atom is 0.240 e. The fourth-order valence-electron chi connectivity index (χ4n) is 3.76. The van der Waals surface area contributed by atoms with E-state index in [1.807, 2.05) is 13.0 Å². The first-order valence-corrected chi connectivity index (χ1v) is 7.77. The van der Waals surface area contributed by atoms with Gasteiger partial charge in [-0.15, -0.1) is 0 Å². The van der Waals surface area contributed by atoms with Gasteiger partial charge in [0, 0.05) is 12.1 Å². The summed E-state index contributed by atoms with van der Waals surface area (Å²) in [5.74, 6) is -0.0583. The van der Waals surface area contributed by atoms with Crippen LogP contribution in [-0.4, -0.2) is 11.8 Å². The third-order valence-electron chi connectivity index (χ3n) is 4.92. The van der Waals surface area contributed by atoms with E-state index in [2.05, 4.69) is 0 Å². The Balaban J connectivity index is 1.97. The molecule has 2 aliphatic rings. The highest BCUT2D eigenvalue weighted by Gasteiger charge is 2.51. The van der Waals surface area contributed by atoms with Gasteiger partial charge in [-0.2, -0.15) is 0 Å². The van der Waals surface area contributed by atoms with Crippen molar-refractivity contribution in [3.63, 3.8) is 0 Å². The number of anilines is 2. The van der Waals surface area contributed by atoms with E-state index in [9.17, 15) is 9.59 Å². The number of carbonyl (C=O) groups excluding carboxylic acids is 2. The van der Waals surface area contributed by atoms with Crippen molar-refractivity contribution < 1.29 is 9.59 Å². The van der Waals surface area contributed by atoms with E-state index >= 15 is 0 Å². The van der Waals surface area contributed by atoms with Gasteiger partial charge in [0.25, 0.3) is 0 Å². The smallest absolute Gasteiger partial charge is 0.240 e. The van der Waals surface area contributed by atoms with Crippen molar-refractivity contribution in [1.82, 2.24) is 0 Å². The lowest BCUT2D eigenvalue weighted by molar-refractivity contribution is -0.126. The Kier molecular flexibility index (Phi) is 3.47. The Morgan fingerprint density at radius 2 is 1.76 bits per heavy atom. The summed E-state index contributed by atoms with van der Waals surface area (Å²) in [5.41, 5.74) is 7.55. The Morgan fingerprint density at radius 3 is 2.38 bits per heavy atom. The average molecular weight is 286 g/mol. The fraction of sp³-hybridized carbons (Fsp3) is 0.529. The number of nitrogens with zero attached hydrogens (tertiary/aromatic N) is 1. The zero-order chi connectivity index (χ0) is 15.0. The van der Waals surface area contributed by atoms with Crippen LogP contribution in [-0.2, 0) is 9.59 Å². The Hall–Kier alpha value is -1.84. The van der Waals surface area contributed by atoms with E-state index < -0.39 is 5.41 Å². The molecule has 1 heterocycles. The van der Waals surface area contributed by atoms with Crippen LogP contribution in [0, 0.1) is 12.3 Å². The average Bonchev–Trinajstić information content (AvgIpc) is 2.60. The van der Waals surface area contributed by atoms with Gasteiger partial charge in [-0.1, -0.05) is 25.7 Å². The van der Waals surface area contributed by atoms with Crippen molar-refractivity contribution in [2.24, 2.45) is 5.41 Å². The summed E-state index contributed by atoms with van der Waals surface area (Å²) < 4.78 is 0. The van der Waals surface area contributed by atoms with Gasteiger partial charge >= 0.3 is 0 Å². The van der Waals surface area contributed by atoms with E-state index in [1.54, 1.807) is 12.1 Å². The highest BCUT2D eigenvalue weighted by molar-refractivity contribution is 6.23. The molecule has 2 fully saturated rings. The predicted octanol–water partition coefficient (Wildman–Crippen LogP) is 3.18. The number of nitrogens with two attached hydrogens (primary N) is 1. The molecule has 0 atom stereocenters. The van der Waals surface area contributed by atoms with Crippen molar-refractivity contribution in [1.29, 1.82) is 0 Å². The SMILES string of the molecule is Cc1cc(N)ccc1N1C(=O)CC2(CCCCCC2)C1=O. The summed E-state index contributed by atoms with van der Waals surface area (Å²) >= 11 is 0. The predicted molar refractivity (Wildman–Crippen MR) is 82.8 cm³/mol. The molecule has 0 unspecified atom stereocenters. The number of rotatable bonds is 1. The molecular weight excluding hydrogens is 264 g/mol. The number of imide groups is 1. The second kappa shape index (κ2) is 5.17. The van der Waals surface area contributed by atoms with E-state index in [0.29, 0.717) is 17.8 Å². The van der Waals surface area contributed by atoms with Crippen LogP contribution in [0.4, 0.5) is 11.4 Å². The van der Waals surface area contributed by atoms with E-state index in [-0.39, 0.29) is 11.8 Å². The first-order chi connectivity index (χ1) is 10.0. The monoisotopic (exact) mass is 286 g/mol. The lowest BCUT2D eigenvalue weighted by Gasteiger charge is -2.25. The van der Waals surface area contributed by atoms with E-state index in [1.165, 1.54) is 17.7 Å². The van der Waals surface area contributed by atoms with Crippen LogP contribution < -0.4 is 10.6 Å². The lowest BCUT2D eigenvalue weighted by atomic mass is 9.79. The molecule has 1 aromatic rings. The van der Waals surface area contributed by atoms with Gasteiger partial charge in [0.05, 0.1) is 11.1 Å². The Morgan fingerprint density at radius 1 is 1.10 bits per heavy atom. The molecule has 112 valence electrons. The summed E-state index contributed by atoms with van der Waals surface area (Å²) in [5, 5.41) is 0. The fourth-order valence-corrected chi connectivity index (χ4v) is 3.76. The summed E-state index contributed by atoms with van der Waals surface area (Å²) in [6.07, 6.45) is 6.51. The summed E-state index contributed by atoms with van der Waals surface area (Å²) in [7, 11) is 0. The van der Waals surface area contributed by atoms with Gasteiger partial charge in [-0.05, 0) is 43.5 Å². The maximum atomic E-state index is 13.0. The van der Waals surface area contributed by atoms with Gasteiger partial charge in [-0.25, -0.2) is 4.90 Å². The number of carbonyl (C=O) groups is 2. The van der Waals surface area contributed by atoms with Crippen LogP contribution in [0.5, 0.6) is 0 Å². The first-order valence-electron chi connectivity index (χ1n) is 7.77. The molecule has 4 heteroatoms. The minimum absolute atomic E-state index is 0.00210. The van der Waals surface area contributed by atoms with Crippen LogP contribution in [0.2, 0.25) is 0 Å². The van der Waals surface area contributed by atoms with Crippen molar-refractivity contribution in [2.75, 3.05) is 10.6 Å². The highest BCUT2D eigenvalue weighted by Crippen LogP contribution is 2.46. The van der Waals surface area contributed by atoms with Gasteiger partial charge in [0.2, 0.25) is 11.8 Å². The molecule has 1 saturated heterocycles. The Bertz CT molecular complexity index is 586. The molecule has 1 saturated carbocycles. The van der Waals surface area contributed by atoms with Crippen LogP contribution in [0.25, 0.3) is 0 Å². The molecule has 0 radical (unpaired) electrons. The number of benzene rings is 1. The lowest BCUT2D eigenvalue weighted by Crippen LogP contribution is -2.36. The molecule has 2 N–H and O–H groups in total. The summed E-state index contributed by atoms with van der Waals surface area (Å²) in [6.45, 7) is 1.89. The van der Waals surface area contributed by atoms with Gasteiger partial charge in [-0.3, -0.25) is 9.59 Å². The summed E-state index contributed by atoms with van der Waals surface area (Å²) in [6, 6.07) is 5.35. The third-order valence-corrected chi connectivity index (χ3v) is 4.92. The zero-order valence-corrected chi connectivity index (χ0v) is 12.5. The molecule has 1 aromatic carbocycles. The van der Waals surface area contributed by atoms with Crippen LogP contribution in [0.3, 0.4) is 0 Å². The van der Waals surface area contributed by atoms with Crippen LogP contribution in [0.1, 0.15) is 50.5 Å². The molecule has 0 aromatic heterocycles. The van der Waals surface area contributed by atoms with Crippen LogP contribution in [0.15, 0.2) is 18.2 Å². The number of hydrogen-bond acceptors (Lipinski definition) is 3. The number of aryl methyl sites for hydroxylation is 1. The number of amides is 2. The minimum Gasteiger partial charge on any atom is -0.399 e. The summed E-state index contributed by atoms with van der Waals surface area (Å²) in [4.78, 5) is 26.8. The Labute approximate surface area is 125 Å². The molecule has 21 heavy (non-hydrogen) atoms. The quantitative estimate of drug-likeness (QED) is 0.637. The van der Waals surface area contributed by atoms with Crippen molar-refractivity contribution in [3.8, 4) is 0 Å². The second-order valence-corrected chi connectivity index (χ2v) is 6.45. The highest BCUT2D eigenvalue weighted by atomic mass is 16.2. The largest absolute Gasteiger partial charge is 0.399 e. The van der Waals surface area contributed by atoms with Crippen LogP contribution >= 0.6 is 0 Å². The van der Waals surface area contributed by atoms with Crippen molar-refractivity contribution >= 4 is 23.2 Å². The molecular formula is C17H22N2O2. The topological polar surface area (TPSA) is 63.4 Å². The second-order valence-electron chi connectivity index (χ2n) is 6.45. The molecule has 3 rings (SSSR count). The third kappa shape index (κ3) is 2.33. The molecule has 4 nitrogen and oxygen atoms in total. The van der Waals surface area contributed by atoms with E-state index in [4.69, 9.17) is 5.73 Å². The van der Waals surface area contributed by atoms with E-state index in [0.717, 1.165) is 31.2 Å².